The minimum absolute atomic E-state index is 0.0926. The van der Waals surface area contributed by atoms with Crippen molar-refractivity contribution in [3.05, 3.63) is 17.5 Å². The van der Waals surface area contributed by atoms with Gasteiger partial charge >= 0.3 is 0 Å². The van der Waals surface area contributed by atoms with Crippen molar-refractivity contribution in [3.8, 4) is 0 Å². The van der Waals surface area contributed by atoms with Crippen molar-refractivity contribution in [2.75, 3.05) is 0 Å². The van der Waals surface area contributed by atoms with Crippen LogP contribution in [-0.4, -0.2) is 9.78 Å². The molecule has 1 aromatic rings. The third-order valence-electron chi connectivity index (χ3n) is 2.40. The van der Waals surface area contributed by atoms with Gasteiger partial charge in [0, 0.05) is 19.0 Å². The highest BCUT2D eigenvalue weighted by molar-refractivity contribution is 5.20. The summed E-state index contributed by atoms with van der Waals surface area (Å²) in [5.41, 5.74) is 8.15. The van der Waals surface area contributed by atoms with Crippen molar-refractivity contribution < 1.29 is 0 Å². The molecule has 3 nitrogen and oxygen atoms in total. The molecule has 1 fully saturated rings. The first-order valence-corrected chi connectivity index (χ1v) is 4.48. The molecule has 12 heavy (non-hydrogen) atoms. The number of hydrogen-bond donors (Lipinski definition) is 1. The fourth-order valence-corrected chi connectivity index (χ4v) is 1.51. The van der Waals surface area contributed by atoms with Crippen LogP contribution in [0, 0.1) is 0 Å². The Balaban J connectivity index is 2.30. The molecule has 1 aliphatic carbocycles. The molecule has 0 aliphatic heterocycles. The fourth-order valence-electron chi connectivity index (χ4n) is 1.51. The lowest BCUT2D eigenvalue weighted by Crippen LogP contribution is -2.10. The van der Waals surface area contributed by atoms with Crippen LogP contribution in [0.15, 0.2) is 6.07 Å². The van der Waals surface area contributed by atoms with Gasteiger partial charge in [0.15, 0.2) is 0 Å². The first-order valence-electron chi connectivity index (χ1n) is 4.48. The van der Waals surface area contributed by atoms with E-state index in [1.807, 2.05) is 18.7 Å². The zero-order valence-corrected chi connectivity index (χ0v) is 7.62. The predicted molar refractivity (Wildman–Crippen MR) is 47.8 cm³/mol. The summed E-state index contributed by atoms with van der Waals surface area (Å²) in [5.74, 6) is 0.726. The molecule has 0 aromatic carbocycles. The van der Waals surface area contributed by atoms with E-state index in [1.54, 1.807) is 0 Å². The van der Waals surface area contributed by atoms with Crippen molar-refractivity contribution >= 4 is 0 Å². The summed E-state index contributed by atoms with van der Waals surface area (Å²) in [6.07, 6.45) is 2.60. The summed E-state index contributed by atoms with van der Waals surface area (Å²) < 4.78 is 1.90. The lowest BCUT2D eigenvalue weighted by molar-refractivity contribution is 0.648. The van der Waals surface area contributed by atoms with E-state index in [-0.39, 0.29) is 6.04 Å². The highest BCUT2D eigenvalue weighted by Gasteiger charge is 2.27. The lowest BCUT2D eigenvalue weighted by atomic mass is 10.2. The molecule has 1 atom stereocenters. The zero-order chi connectivity index (χ0) is 8.72. The van der Waals surface area contributed by atoms with E-state index in [0.717, 1.165) is 11.6 Å². The van der Waals surface area contributed by atoms with Crippen LogP contribution in [0.1, 0.15) is 43.1 Å². The Labute approximate surface area is 72.6 Å². The molecule has 0 radical (unpaired) electrons. The fraction of sp³-hybridized carbons (Fsp3) is 0.667. The van der Waals surface area contributed by atoms with E-state index < -0.39 is 0 Å². The second-order valence-electron chi connectivity index (χ2n) is 3.68. The molecule has 0 amide bonds. The van der Waals surface area contributed by atoms with Gasteiger partial charge in [0.2, 0.25) is 0 Å². The maximum Gasteiger partial charge on any atom is 0.0658 e. The second-order valence-corrected chi connectivity index (χ2v) is 3.68. The normalized spacial score (nSPS) is 19.6. The van der Waals surface area contributed by atoms with E-state index in [2.05, 4.69) is 11.2 Å². The quantitative estimate of drug-likeness (QED) is 0.718. The van der Waals surface area contributed by atoms with Gasteiger partial charge in [-0.15, -0.1) is 0 Å². The van der Waals surface area contributed by atoms with E-state index in [0.29, 0.717) is 0 Å². The molecule has 3 heteroatoms. The van der Waals surface area contributed by atoms with Crippen LogP contribution in [0.2, 0.25) is 0 Å². The van der Waals surface area contributed by atoms with Gasteiger partial charge in [-0.3, -0.25) is 4.68 Å². The predicted octanol–water partition coefficient (Wildman–Crippen LogP) is 1.32. The molecule has 0 spiro atoms. The monoisotopic (exact) mass is 165 g/mol. The van der Waals surface area contributed by atoms with Gasteiger partial charge in [0.05, 0.1) is 11.4 Å². The van der Waals surface area contributed by atoms with Gasteiger partial charge in [0.1, 0.15) is 0 Å². The first kappa shape index (κ1) is 7.80. The molecule has 1 heterocycles. The average molecular weight is 165 g/mol. The van der Waals surface area contributed by atoms with E-state index in [1.165, 1.54) is 18.5 Å². The van der Waals surface area contributed by atoms with Gasteiger partial charge < -0.3 is 5.73 Å². The molecule has 0 saturated heterocycles. The standard InChI is InChI=1S/C9H15N3/c1-6(10)9-5-8(7-3-4-7)11-12(9)2/h5-7H,3-4,10H2,1-2H3/t6-/m1/s1. The van der Waals surface area contributed by atoms with Crippen LogP contribution in [0.25, 0.3) is 0 Å². The number of rotatable bonds is 2. The van der Waals surface area contributed by atoms with Crippen molar-refractivity contribution in [2.24, 2.45) is 12.8 Å². The number of nitrogens with zero attached hydrogens (tertiary/aromatic N) is 2. The van der Waals surface area contributed by atoms with Gasteiger partial charge in [-0.2, -0.15) is 5.10 Å². The SMILES string of the molecule is C[C@@H](N)c1cc(C2CC2)nn1C. The zero-order valence-electron chi connectivity index (χ0n) is 7.62. The lowest BCUT2D eigenvalue weighted by Gasteiger charge is -2.03. The molecule has 2 N–H and O–H groups in total. The molecule has 1 aromatic heterocycles. The Hall–Kier alpha value is -0.830. The van der Waals surface area contributed by atoms with Crippen molar-refractivity contribution in [1.82, 2.24) is 9.78 Å². The summed E-state index contributed by atoms with van der Waals surface area (Å²) in [4.78, 5) is 0. The van der Waals surface area contributed by atoms with Crippen LogP contribution >= 0.6 is 0 Å². The maximum absolute atomic E-state index is 5.79. The molecular weight excluding hydrogens is 150 g/mol. The van der Waals surface area contributed by atoms with Gasteiger partial charge in [0.25, 0.3) is 0 Å². The Kier molecular flexibility index (Phi) is 1.68. The van der Waals surface area contributed by atoms with Crippen molar-refractivity contribution in [2.45, 2.75) is 31.7 Å². The highest BCUT2D eigenvalue weighted by atomic mass is 15.3. The minimum Gasteiger partial charge on any atom is -0.323 e. The number of aryl methyl sites for hydroxylation is 1. The minimum atomic E-state index is 0.0926. The summed E-state index contributed by atoms with van der Waals surface area (Å²) in [6, 6.07) is 2.23. The van der Waals surface area contributed by atoms with Gasteiger partial charge in [-0.05, 0) is 25.8 Å². The van der Waals surface area contributed by atoms with Gasteiger partial charge in [-0.1, -0.05) is 0 Å². The molecular formula is C9H15N3. The van der Waals surface area contributed by atoms with Crippen molar-refractivity contribution in [1.29, 1.82) is 0 Å². The number of aromatic nitrogens is 2. The maximum atomic E-state index is 5.79. The second kappa shape index (κ2) is 2.59. The first-order chi connectivity index (χ1) is 5.68. The Morgan fingerprint density at radius 2 is 2.33 bits per heavy atom. The Morgan fingerprint density at radius 3 is 2.75 bits per heavy atom. The van der Waals surface area contributed by atoms with E-state index in [9.17, 15) is 0 Å². The van der Waals surface area contributed by atoms with E-state index >= 15 is 0 Å². The molecule has 66 valence electrons. The van der Waals surface area contributed by atoms with E-state index in [4.69, 9.17) is 5.73 Å². The Morgan fingerprint density at radius 1 is 1.67 bits per heavy atom. The van der Waals surface area contributed by atoms with Crippen LogP contribution in [0.3, 0.4) is 0 Å². The van der Waals surface area contributed by atoms with Crippen molar-refractivity contribution in [3.63, 3.8) is 0 Å². The molecule has 2 rings (SSSR count). The van der Waals surface area contributed by atoms with Gasteiger partial charge in [-0.25, -0.2) is 0 Å². The number of hydrogen-bond acceptors (Lipinski definition) is 2. The third-order valence-corrected chi connectivity index (χ3v) is 2.40. The summed E-state index contributed by atoms with van der Waals surface area (Å²) in [5, 5.41) is 4.43. The topological polar surface area (TPSA) is 43.8 Å². The molecule has 1 saturated carbocycles. The third kappa shape index (κ3) is 1.25. The smallest absolute Gasteiger partial charge is 0.0658 e. The number of nitrogens with two attached hydrogens (primary N) is 1. The largest absolute Gasteiger partial charge is 0.323 e. The average Bonchev–Trinajstić information content (AvgIpc) is 2.75. The highest BCUT2D eigenvalue weighted by Crippen LogP contribution is 2.39. The molecule has 0 bridgehead atoms. The van der Waals surface area contributed by atoms with Crippen LogP contribution < -0.4 is 5.73 Å². The van der Waals surface area contributed by atoms with Crippen LogP contribution in [0.4, 0.5) is 0 Å². The summed E-state index contributed by atoms with van der Waals surface area (Å²) >= 11 is 0. The molecule has 0 unspecified atom stereocenters. The summed E-state index contributed by atoms with van der Waals surface area (Å²) in [6.45, 7) is 1.99. The summed E-state index contributed by atoms with van der Waals surface area (Å²) in [7, 11) is 1.96. The van der Waals surface area contributed by atoms with Crippen LogP contribution in [0.5, 0.6) is 0 Å². The Bertz CT molecular complexity index is 284. The van der Waals surface area contributed by atoms with Crippen LogP contribution in [-0.2, 0) is 7.05 Å². The molecule has 1 aliphatic rings.